The molecule has 0 spiro atoms. The van der Waals surface area contributed by atoms with Gasteiger partial charge < -0.3 is 14.7 Å². The van der Waals surface area contributed by atoms with E-state index >= 15 is 0 Å². The first-order chi connectivity index (χ1) is 14.4. The fraction of sp³-hybridized carbons (Fsp3) is 0.391. The van der Waals surface area contributed by atoms with E-state index in [0.717, 1.165) is 46.5 Å². The van der Waals surface area contributed by atoms with Crippen LogP contribution in [0.3, 0.4) is 0 Å². The summed E-state index contributed by atoms with van der Waals surface area (Å²) in [5.74, 6) is 1.03. The van der Waals surface area contributed by atoms with E-state index in [1.165, 1.54) is 0 Å². The zero-order chi connectivity index (χ0) is 21.3. The molecule has 0 saturated carbocycles. The van der Waals surface area contributed by atoms with Gasteiger partial charge in [-0.3, -0.25) is 4.79 Å². The van der Waals surface area contributed by atoms with Gasteiger partial charge in [0.05, 0.1) is 16.8 Å². The maximum atomic E-state index is 13.0. The molecule has 2 atom stereocenters. The Morgan fingerprint density at radius 1 is 1.20 bits per heavy atom. The number of amides is 1. The number of aromatic nitrogens is 1. The van der Waals surface area contributed by atoms with Crippen LogP contribution in [0.15, 0.2) is 53.6 Å². The summed E-state index contributed by atoms with van der Waals surface area (Å²) in [6, 6.07) is 12.4. The molecule has 0 aliphatic carbocycles. The van der Waals surface area contributed by atoms with Crippen molar-refractivity contribution in [3.8, 4) is 0 Å². The third kappa shape index (κ3) is 4.51. The quantitative estimate of drug-likeness (QED) is 0.653. The summed E-state index contributed by atoms with van der Waals surface area (Å²) in [7, 11) is 4.25. The van der Waals surface area contributed by atoms with Crippen molar-refractivity contribution in [3.63, 3.8) is 0 Å². The van der Waals surface area contributed by atoms with Gasteiger partial charge >= 0.3 is 0 Å². The second-order valence-corrected chi connectivity index (χ2v) is 9.84. The van der Waals surface area contributed by atoms with E-state index in [2.05, 4.69) is 35.8 Å². The molecule has 0 bridgehead atoms. The molecule has 5 nitrogen and oxygen atoms in total. The minimum Gasteiger partial charge on any atom is -0.355 e. The molecule has 1 fully saturated rings. The first-order valence-electron chi connectivity index (χ1n) is 10.2. The van der Waals surface area contributed by atoms with Crippen LogP contribution in [0.2, 0.25) is 5.02 Å². The summed E-state index contributed by atoms with van der Waals surface area (Å²) in [6.45, 7) is 4.70. The normalized spacial score (nSPS) is 20.2. The number of carbonyl (C=O) groups is 1. The van der Waals surface area contributed by atoms with Gasteiger partial charge in [-0.05, 0) is 63.3 Å². The predicted molar refractivity (Wildman–Crippen MR) is 126 cm³/mol. The summed E-state index contributed by atoms with van der Waals surface area (Å²) in [5, 5.41) is 0.901. The van der Waals surface area contributed by atoms with E-state index < -0.39 is 0 Å². The Morgan fingerprint density at radius 3 is 2.60 bits per heavy atom. The van der Waals surface area contributed by atoms with Gasteiger partial charge in [0.25, 0.3) is 5.91 Å². The van der Waals surface area contributed by atoms with Crippen molar-refractivity contribution in [1.29, 1.82) is 0 Å². The molecular weight excluding hydrogens is 416 g/mol. The van der Waals surface area contributed by atoms with E-state index in [1.54, 1.807) is 16.7 Å². The van der Waals surface area contributed by atoms with E-state index in [-0.39, 0.29) is 11.2 Å². The zero-order valence-electron chi connectivity index (χ0n) is 17.6. The van der Waals surface area contributed by atoms with Gasteiger partial charge in [-0.1, -0.05) is 23.7 Å². The van der Waals surface area contributed by atoms with Gasteiger partial charge in [-0.2, -0.15) is 0 Å². The Labute approximate surface area is 187 Å². The number of rotatable bonds is 6. The summed E-state index contributed by atoms with van der Waals surface area (Å²) in [4.78, 5) is 24.8. The number of likely N-dealkylation sites (N-methyl/N-ethyl adjacent to an activating group) is 1. The minimum atomic E-state index is 0.0456. The fourth-order valence-corrected chi connectivity index (χ4v) is 5.07. The van der Waals surface area contributed by atoms with Crippen LogP contribution in [0.4, 0.5) is 11.5 Å². The van der Waals surface area contributed by atoms with Crippen LogP contribution < -0.4 is 9.80 Å². The fourth-order valence-electron chi connectivity index (χ4n) is 3.89. The van der Waals surface area contributed by atoms with E-state index in [0.29, 0.717) is 12.6 Å². The van der Waals surface area contributed by atoms with Crippen molar-refractivity contribution >= 4 is 40.8 Å². The summed E-state index contributed by atoms with van der Waals surface area (Å²) < 4.78 is 0. The number of thioether (sulfide) groups is 1. The molecule has 2 aromatic rings. The maximum Gasteiger partial charge on any atom is 0.264 e. The lowest BCUT2D eigenvalue weighted by Gasteiger charge is -2.22. The van der Waals surface area contributed by atoms with Gasteiger partial charge in [0.2, 0.25) is 0 Å². The molecule has 3 heterocycles. The number of hydrogen-bond donors (Lipinski definition) is 0. The highest BCUT2D eigenvalue weighted by atomic mass is 35.5. The largest absolute Gasteiger partial charge is 0.355 e. The number of nitrogens with zero attached hydrogens (tertiary/aromatic N) is 4. The Bertz CT molecular complexity index is 929. The molecule has 1 aromatic heterocycles. The van der Waals surface area contributed by atoms with Gasteiger partial charge in [0.1, 0.15) is 5.82 Å². The highest BCUT2D eigenvalue weighted by molar-refractivity contribution is 8.04. The number of anilines is 2. The molecule has 4 rings (SSSR count). The third-order valence-corrected chi connectivity index (χ3v) is 7.29. The molecule has 0 radical (unpaired) electrons. The molecule has 7 heteroatoms. The number of hydrogen-bond acceptors (Lipinski definition) is 5. The van der Waals surface area contributed by atoms with Gasteiger partial charge in [-0.15, -0.1) is 11.8 Å². The molecule has 0 N–H and O–H groups in total. The molecule has 2 aliphatic rings. The number of benzene rings is 1. The van der Waals surface area contributed by atoms with Gasteiger partial charge in [0.15, 0.2) is 0 Å². The molecule has 1 amide bonds. The number of halogens is 1. The molecule has 1 saturated heterocycles. The first-order valence-corrected chi connectivity index (χ1v) is 11.5. The van der Waals surface area contributed by atoms with Crippen LogP contribution in [0.1, 0.15) is 24.2 Å². The first kappa shape index (κ1) is 21.2. The van der Waals surface area contributed by atoms with Crippen molar-refractivity contribution in [1.82, 2.24) is 9.88 Å². The highest BCUT2D eigenvalue weighted by Gasteiger charge is 2.28. The Kier molecular flexibility index (Phi) is 6.37. The van der Waals surface area contributed by atoms with Crippen LogP contribution in [-0.2, 0) is 4.79 Å². The standard InChI is InChI=1S/C23H27ClN4OS/c1-16(17-4-6-18(24)7-5-17)30-21-11-13-28(23(21)29)19-8-9-22(25-14-19)27-12-10-20(15-27)26(2)3/h4-9,11,14,16,20H,10,12-13,15H2,1-3H3/t16?,20-/m0/s1. The predicted octanol–water partition coefficient (Wildman–Crippen LogP) is 4.60. The summed E-state index contributed by atoms with van der Waals surface area (Å²) >= 11 is 7.57. The third-order valence-electron chi connectivity index (χ3n) is 5.82. The van der Waals surface area contributed by atoms with Gasteiger partial charge in [-0.25, -0.2) is 4.98 Å². The molecule has 158 valence electrons. The summed E-state index contributed by atoms with van der Waals surface area (Å²) in [6.07, 6.45) is 4.98. The molecule has 1 unspecified atom stereocenters. The smallest absolute Gasteiger partial charge is 0.264 e. The lowest BCUT2D eigenvalue weighted by Crippen LogP contribution is -2.31. The molecular formula is C23H27ClN4OS. The number of carbonyl (C=O) groups excluding carboxylic acids is 1. The van der Waals surface area contributed by atoms with Crippen LogP contribution in [0.5, 0.6) is 0 Å². The molecule has 2 aliphatic heterocycles. The van der Waals surface area contributed by atoms with Crippen LogP contribution >= 0.6 is 23.4 Å². The number of pyridine rings is 1. The van der Waals surface area contributed by atoms with E-state index in [9.17, 15) is 4.79 Å². The van der Waals surface area contributed by atoms with E-state index in [1.807, 2.05) is 48.7 Å². The monoisotopic (exact) mass is 442 g/mol. The Balaban J connectivity index is 1.38. The Hall–Kier alpha value is -2.02. The second-order valence-electron chi connectivity index (χ2n) is 8.02. The van der Waals surface area contributed by atoms with Crippen molar-refractivity contribution in [2.75, 3.05) is 43.5 Å². The minimum absolute atomic E-state index is 0.0456. The second kappa shape index (κ2) is 9.00. The maximum absolute atomic E-state index is 13.0. The molecule has 1 aromatic carbocycles. The highest BCUT2D eigenvalue weighted by Crippen LogP contribution is 2.38. The van der Waals surface area contributed by atoms with Crippen LogP contribution in [0, 0.1) is 0 Å². The van der Waals surface area contributed by atoms with Crippen LogP contribution in [-0.4, -0.2) is 55.6 Å². The van der Waals surface area contributed by atoms with Crippen molar-refractivity contribution in [2.24, 2.45) is 0 Å². The van der Waals surface area contributed by atoms with E-state index in [4.69, 9.17) is 11.6 Å². The lowest BCUT2D eigenvalue weighted by atomic mass is 10.2. The van der Waals surface area contributed by atoms with Crippen LogP contribution in [0.25, 0.3) is 0 Å². The van der Waals surface area contributed by atoms with Gasteiger partial charge in [0, 0.05) is 35.9 Å². The van der Waals surface area contributed by atoms with Crippen molar-refractivity contribution < 1.29 is 4.79 Å². The topological polar surface area (TPSA) is 39.7 Å². The van der Waals surface area contributed by atoms with Crippen molar-refractivity contribution in [2.45, 2.75) is 24.6 Å². The lowest BCUT2D eigenvalue weighted by molar-refractivity contribution is -0.113. The summed E-state index contributed by atoms with van der Waals surface area (Å²) in [5.41, 5.74) is 2.00. The average Bonchev–Trinajstić information content (AvgIpc) is 3.37. The molecule has 30 heavy (non-hydrogen) atoms. The average molecular weight is 443 g/mol. The Morgan fingerprint density at radius 2 is 1.97 bits per heavy atom. The SMILES string of the molecule is CC(SC1=CCN(c2ccc(N3CC[C@H](N(C)C)C3)nc2)C1=O)c1ccc(Cl)cc1. The zero-order valence-corrected chi connectivity index (χ0v) is 19.2. The van der Waals surface area contributed by atoms with Crippen molar-refractivity contribution in [3.05, 3.63) is 64.2 Å².